The van der Waals surface area contributed by atoms with Gasteiger partial charge >= 0.3 is 5.97 Å². The number of esters is 1. The van der Waals surface area contributed by atoms with E-state index in [0.717, 1.165) is 12.8 Å². The molecule has 2 aliphatic rings. The van der Waals surface area contributed by atoms with E-state index in [0.29, 0.717) is 50.0 Å². The summed E-state index contributed by atoms with van der Waals surface area (Å²) < 4.78 is 5.09. The minimum absolute atomic E-state index is 0.0963. The van der Waals surface area contributed by atoms with E-state index in [1.54, 1.807) is 0 Å². The molecule has 1 heterocycles. The summed E-state index contributed by atoms with van der Waals surface area (Å²) >= 11 is 0. The second kappa shape index (κ2) is 8.02. The standard InChI is InChI=1S/C19H28N2O4/c1-2-25-19(24)13-9-11-21(12-10-13)16-15(17(22)18(16)23)20-14-7-5-3-4-6-8-14/h13-14,20H,2-12H2,1H3. The van der Waals surface area contributed by atoms with Gasteiger partial charge in [0.15, 0.2) is 0 Å². The first kappa shape index (κ1) is 18.0. The van der Waals surface area contributed by atoms with Gasteiger partial charge in [-0.15, -0.1) is 0 Å². The average Bonchev–Trinajstić information content (AvgIpc) is 2.90. The van der Waals surface area contributed by atoms with Crippen molar-refractivity contribution in [2.45, 2.75) is 64.3 Å². The number of ether oxygens (including phenoxy) is 1. The Balaban J connectivity index is 1.64. The molecule has 0 aromatic heterocycles. The van der Waals surface area contributed by atoms with Gasteiger partial charge in [-0.2, -0.15) is 0 Å². The zero-order valence-electron chi connectivity index (χ0n) is 15.0. The number of hydrogen-bond donors (Lipinski definition) is 1. The van der Waals surface area contributed by atoms with Crippen molar-refractivity contribution in [3.8, 4) is 0 Å². The Kier molecular flexibility index (Phi) is 5.76. The van der Waals surface area contributed by atoms with Gasteiger partial charge in [0.1, 0.15) is 11.4 Å². The minimum Gasteiger partial charge on any atom is -0.466 e. The van der Waals surface area contributed by atoms with Crippen LogP contribution >= 0.6 is 0 Å². The van der Waals surface area contributed by atoms with Crippen LogP contribution in [0.5, 0.6) is 0 Å². The van der Waals surface area contributed by atoms with Crippen molar-refractivity contribution < 1.29 is 9.53 Å². The fourth-order valence-electron chi connectivity index (χ4n) is 4.04. The third-order valence-electron chi connectivity index (χ3n) is 5.52. The summed E-state index contributed by atoms with van der Waals surface area (Å²) in [5.74, 6) is -0.245. The zero-order chi connectivity index (χ0) is 17.8. The van der Waals surface area contributed by atoms with E-state index in [-0.39, 0.29) is 22.7 Å². The number of nitrogens with zero attached hydrogens (tertiary/aromatic N) is 1. The largest absolute Gasteiger partial charge is 0.466 e. The molecule has 1 aliphatic carbocycles. The van der Waals surface area contributed by atoms with Crippen molar-refractivity contribution in [3.63, 3.8) is 0 Å². The molecule has 0 spiro atoms. The monoisotopic (exact) mass is 348 g/mol. The van der Waals surface area contributed by atoms with Gasteiger partial charge in [0, 0.05) is 19.1 Å². The summed E-state index contributed by atoms with van der Waals surface area (Å²) in [4.78, 5) is 38.0. The molecular weight excluding hydrogens is 320 g/mol. The van der Waals surface area contributed by atoms with Gasteiger partial charge in [-0.1, -0.05) is 25.7 Å². The van der Waals surface area contributed by atoms with E-state index < -0.39 is 0 Å². The summed E-state index contributed by atoms with van der Waals surface area (Å²) in [5, 5.41) is 3.35. The molecule has 0 amide bonds. The highest BCUT2D eigenvalue weighted by Crippen LogP contribution is 2.29. The molecule has 25 heavy (non-hydrogen) atoms. The van der Waals surface area contributed by atoms with Crippen LogP contribution in [0.3, 0.4) is 0 Å². The van der Waals surface area contributed by atoms with E-state index in [2.05, 4.69) is 5.32 Å². The number of piperidine rings is 1. The van der Waals surface area contributed by atoms with E-state index in [1.807, 2.05) is 11.8 Å². The molecule has 6 heteroatoms. The van der Waals surface area contributed by atoms with Crippen molar-refractivity contribution in [1.29, 1.82) is 0 Å². The number of carbonyl (C=O) groups excluding carboxylic acids is 1. The second-order valence-corrected chi connectivity index (χ2v) is 7.23. The third kappa shape index (κ3) is 3.88. The molecule has 3 rings (SSSR count). The molecule has 0 atom stereocenters. The maximum atomic E-state index is 12.1. The summed E-state index contributed by atoms with van der Waals surface area (Å²) in [6.45, 7) is 3.44. The Labute approximate surface area is 148 Å². The van der Waals surface area contributed by atoms with Gasteiger partial charge in [-0.05, 0) is 32.6 Å². The van der Waals surface area contributed by atoms with Crippen molar-refractivity contribution in [3.05, 3.63) is 20.4 Å². The third-order valence-corrected chi connectivity index (χ3v) is 5.52. The van der Waals surface area contributed by atoms with Crippen LogP contribution in [0.25, 0.3) is 0 Å². The fourth-order valence-corrected chi connectivity index (χ4v) is 4.04. The van der Waals surface area contributed by atoms with Gasteiger partial charge in [0.2, 0.25) is 0 Å². The van der Waals surface area contributed by atoms with E-state index >= 15 is 0 Å². The average molecular weight is 348 g/mol. The Morgan fingerprint density at radius 2 is 1.68 bits per heavy atom. The molecule has 1 aromatic rings. The lowest BCUT2D eigenvalue weighted by molar-refractivity contribution is -0.148. The fraction of sp³-hybridized carbons (Fsp3) is 0.737. The van der Waals surface area contributed by atoms with Crippen LogP contribution in [0.1, 0.15) is 58.3 Å². The number of hydrogen-bond acceptors (Lipinski definition) is 6. The molecule has 1 aromatic carbocycles. The normalized spacial score (nSPS) is 20.4. The lowest BCUT2D eigenvalue weighted by Crippen LogP contribution is -2.47. The maximum Gasteiger partial charge on any atom is 0.309 e. The molecule has 1 saturated carbocycles. The van der Waals surface area contributed by atoms with Crippen LogP contribution < -0.4 is 21.1 Å². The lowest BCUT2D eigenvalue weighted by Gasteiger charge is -2.34. The second-order valence-electron chi connectivity index (χ2n) is 7.23. The highest BCUT2D eigenvalue weighted by molar-refractivity contribution is 5.77. The first-order valence-electron chi connectivity index (χ1n) is 9.63. The smallest absolute Gasteiger partial charge is 0.309 e. The van der Waals surface area contributed by atoms with E-state index in [1.165, 1.54) is 25.7 Å². The molecule has 6 nitrogen and oxygen atoms in total. The van der Waals surface area contributed by atoms with Gasteiger partial charge in [0.25, 0.3) is 10.9 Å². The Morgan fingerprint density at radius 3 is 2.28 bits per heavy atom. The van der Waals surface area contributed by atoms with Crippen molar-refractivity contribution in [2.75, 3.05) is 29.9 Å². The molecule has 1 saturated heterocycles. The highest BCUT2D eigenvalue weighted by Gasteiger charge is 2.32. The maximum absolute atomic E-state index is 12.1. The van der Waals surface area contributed by atoms with Crippen LogP contribution in [0.15, 0.2) is 9.59 Å². The van der Waals surface area contributed by atoms with Gasteiger partial charge in [-0.25, -0.2) is 0 Å². The molecule has 0 radical (unpaired) electrons. The summed E-state index contributed by atoms with van der Waals surface area (Å²) in [7, 11) is 0. The van der Waals surface area contributed by atoms with Crippen LogP contribution in [0, 0.1) is 5.92 Å². The number of rotatable bonds is 5. The van der Waals surface area contributed by atoms with Crippen LogP contribution in [-0.4, -0.2) is 31.7 Å². The predicted molar refractivity (Wildman–Crippen MR) is 98.0 cm³/mol. The molecule has 0 bridgehead atoms. The summed E-state index contributed by atoms with van der Waals surface area (Å²) in [6.07, 6.45) is 8.30. The van der Waals surface area contributed by atoms with Gasteiger partial charge < -0.3 is 15.0 Å². The molecule has 1 N–H and O–H groups in total. The zero-order valence-corrected chi connectivity index (χ0v) is 15.0. The molecule has 0 unspecified atom stereocenters. The number of anilines is 2. The molecule has 138 valence electrons. The Bertz CT molecular complexity index is 661. The van der Waals surface area contributed by atoms with E-state index in [4.69, 9.17) is 4.74 Å². The highest BCUT2D eigenvalue weighted by atomic mass is 16.5. The predicted octanol–water partition coefficient (Wildman–Crippen LogP) is 2.20. The summed E-state index contributed by atoms with van der Waals surface area (Å²) in [5.41, 5.74) is 0.278. The molecule has 2 fully saturated rings. The van der Waals surface area contributed by atoms with Crippen molar-refractivity contribution >= 4 is 17.3 Å². The topological polar surface area (TPSA) is 75.7 Å². The van der Waals surface area contributed by atoms with E-state index in [9.17, 15) is 14.4 Å². The quantitative estimate of drug-likeness (QED) is 0.499. The minimum atomic E-state index is -0.384. The molecule has 1 aliphatic heterocycles. The van der Waals surface area contributed by atoms with Crippen molar-refractivity contribution in [2.24, 2.45) is 5.92 Å². The Morgan fingerprint density at radius 1 is 1.04 bits per heavy atom. The SMILES string of the molecule is CCOC(=O)C1CCN(c2c(NC3CCCCCC3)c(=O)c2=O)CC1. The van der Waals surface area contributed by atoms with Gasteiger partial charge in [-0.3, -0.25) is 14.4 Å². The van der Waals surface area contributed by atoms with Crippen LogP contribution in [0.4, 0.5) is 11.4 Å². The number of carbonyl (C=O) groups is 1. The summed E-state index contributed by atoms with van der Waals surface area (Å²) in [6, 6.07) is 0.293. The van der Waals surface area contributed by atoms with Crippen LogP contribution in [0.2, 0.25) is 0 Å². The van der Waals surface area contributed by atoms with Crippen molar-refractivity contribution in [1.82, 2.24) is 0 Å². The van der Waals surface area contributed by atoms with Gasteiger partial charge in [0.05, 0.1) is 12.5 Å². The number of nitrogens with one attached hydrogen (secondary N) is 1. The first-order chi connectivity index (χ1) is 12.1. The first-order valence-corrected chi connectivity index (χ1v) is 9.63. The lowest BCUT2D eigenvalue weighted by atomic mass is 9.95. The molecular formula is C19H28N2O4. The van der Waals surface area contributed by atoms with Crippen LogP contribution in [-0.2, 0) is 9.53 Å². The Hall–Kier alpha value is -1.85.